The predicted molar refractivity (Wildman–Crippen MR) is 54.2 cm³/mol. The predicted octanol–water partition coefficient (Wildman–Crippen LogP) is 1.81. The fourth-order valence-electron chi connectivity index (χ4n) is 1.06. The number of nitrogens with zero attached hydrogens (tertiary/aromatic N) is 1. The van der Waals surface area contributed by atoms with Crippen molar-refractivity contribution in [1.82, 2.24) is 4.98 Å². The number of nitrogens with two attached hydrogens (primary N) is 1. The van der Waals surface area contributed by atoms with Crippen LogP contribution in [0.25, 0.3) is 5.57 Å². The topological polar surface area (TPSA) is 56.0 Å². The van der Waals surface area contributed by atoms with E-state index in [-0.39, 0.29) is 0 Å². The van der Waals surface area contributed by atoms with Gasteiger partial charge in [-0.1, -0.05) is 13.3 Å². The summed E-state index contributed by atoms with van der Waals surface area (Å²) in [5, 5.41) is 2.78. The van der Waals surface area contributed by atoms with Gasteiger partial charge in [0.2, 0.25) is 5.91 Å². The zero-order chi connectivity index (χ0) is 9.68. The summed E-state index contributed by atoms with van der Waals surface area (Å²) in [6, 6.07) is 0. The van der Waals surface area contributed by atoms with Gasteiger partial charge in [0.25, 0.3) is 0 Å². The molecule has 3 nitrogen and oxygen atoms in total. The van der Waals surface area contributed by atoms with Crippen LogP contribution in [0, 0.1) is 0 Å². The van der Waals surface area contributed by atoms with Crippen LogP contribution in [0.3, 0.4) is 0 Å². The number of aromatic nitrogens is 1. The van der Waals surface area contributed by atoms with Crippen LogP contribution in [0.15, 0.2) is 17.7 Å². The van der Waals surface area contributed by atoms with E-state index in [4.69, 9.17) is 5.73 Å². The molecule has 1 aromatic rings. The summed E-state index contributed by atoms with van der Waals surface area (Å²) in [6.07, 6.45) is 5.02. The molecule has 1 heterocycles. The Balaban J connectivity index is 2.86. The first-order valence-electron chi connectivity index (χ1n) is 4.14. The van der Waals surface area contributed by atoms with Crippen LogP contribution < -0.4 is 5.73 Å². The lowest BCUT2D eigenvalue weighted by molar-refractivity contribution is -0.113. The number of carbonyl (C=O) groups excluding carboxylic acids is 1. The smallest absolute Gasteiger partial charge is 0.241 e. The summed E-state index contributed by atoms with van der Waals surface area (Å²) in [4.78, 5) is 14.8. The van der Waals surface area contributed by atoms with Gasteiger partial charge in [-0.15, -0.1) is 11.3 Å². The van der Waals surface area contributed by atoms with E-state index in [2.05, 4.69) is 11.9 Å². The highest BCUT2D eigenvalue weighted by Gasteiger charge is 2.04. The van der Waals surface area contributed by atoms with Crippen molar-refractivity contribution in [1.29, 1.82) is 0 Å². The highest BCUT2D eigenvalue weighted by atomic mass is 32.1. The van der Waals surface area contributed by atoms with E-state index in [0.717, 1.165) is 23.4 Å². The Labute approximate surface area is 81.3 Å². The monoisotopic (exact) mass is 196 g/mol. The molecule has 4 heteroatoms. The zero-order valence-electron chi connectivity index (χ0n) is 7.49. The quantitative estimate of drug-likeness (QED) is 0.747. The van der Waals surface area contributed by atoms with Crippen molar-refractivity contribution in [2.75, 3.05) is 0 Å². The van der Waals surface area contributed by atoms with Gasteiger partial charge < -0.3 is 5.73 Å². The Hall–Kier alpha value is -1.16. The van der Waals surface area contributed by atoms with Crippen LogP contribution in [0.2, 0.25) is 0 Å². The van der Waals surface area contributed by atoms with Crippen molar-refractivity contribution in [2.24, 2.45) is 5.73 Å². The van der Waals surface area contributed by atoms with Crippen LogP contribution in [-0.2, 0) is 4.79 Å². The second kappa shape index (κ2) is 4.77. The molecule has 0 fully saturated rings. The van der Waals surface area contributed by atoms with Gasteiger partial charge in [0, 0.05) is 17.7 Å². The van der Waals surface area contributed by atoms with Gasteiger partial charge >= 0.3 is 0 Å². The maximum Gasteiger partial charge on any atom is 0.241 e. The summed E-state index contributed by atoms with van der Waals surface area (Å²) in [5.74, 6) is -0.404. The van der Waals surface area contributed by atoms with Crippen molar-refractivity contribution in [3.8, 4) is 0 Å². The molecule has 0 spiro atoms. The first-order chi connectivity index (χ1) is 6.24. The second-order valence-electron chi connectivity index (χ2n) is 2.66. The first-order valence-corrected chi connectivity index (χ1v) is 5.02. The Morgan fingerprint density at radius 2 is 2.54 bits per heavy atom. The summed E-state index contributed by atoms with van der Waals surface area (Å²) < 4.78 is 0. The van der Waals surface area contributed by atoms with Crippen molar-refractivity contribution >= 4 is 22.8 Å². The van der Waals surface area contributed by atoms with Gasteiger partial charge in [0.15, 0.2) is 0 Å². The maximum atomic E-state index is 10.7. The Bertz CT molecular complexity index is 303. The van der Waals surface area contributed by atoms with Crippen molar-refractivity contribution in [2.45, 2.75) is 19.8 Å². The number of amides is 1. The lowest BCUT2D eigenvalue weighted by Gasteiger charge is -1.99. The van der Waals surface area contributed by atoms with Gasteiger partial charge in [0.1, 0.15) is 5.01 Å². The Morgan fingerprint density at radius 1 is 1.77 bits per heavy atom. The van der Waals surface area contributed by atoms with Crippen molar-refractivity contribution in [3.63, 3.8) is 0 Å². The van der Waals surface area contributed by atoms with Gasteiger partial charge in [-0.2, -0.15) is 0 Å². The molecular formula is C9H12N2OS. The molecule has 0 bridgehead atoms. The van der Waals surface area contributed by atoms with E-state index in [0.29, 0.717) is 0 Å². The number of allylic oxidation sites excluding steroid dienone is 1. The molecule has 0 saturated carbocycles. The Kier molecular flexibility index (Phi) is 3.64. The number of rotatable bonds is 4. The molecule has 0 aliphatic rings. The SMILES string of the molecule is CCCC(=CC(N)=O)c1nccs1. The van der Waals surface area contributed by atoms with Crippen LogP contribution in [0.4, 0.5) is 0 Å². The van der Waals surface area contributed by atoms with E-state index in [1.807, 2.05) is 5.38 Å². The van der Waals surface area contributed by atoms with E-state index in [1.54, 1.807) is 6.20 Å². The number of primary amides is 1. The minimum atomic E-state index is -0.404. The highest BCUT2D eigenvalue weighted by Crippen LogP contribution is 2.21. The maximum absolute atomic E-state index is 10.7. The molecular weight excluding hydrogens is 184 g/mol. The zero-order valence-corrected chi connectivity index (χ0v) is 8.30. The number of hydrogen-bond acceptors (Lipinski definition) is 3. The number of thiazole rings is 1. The van der Waals surface area contributed by atoms with Crippen LogP contribution in [0.1, 0.15) is 24.8 Å². The summed E-state index contributed by atoms with van der Waals surface area (Å²) >= 11 is 1.53. The van der Waals surface area contributed by atoms with Gasteiger partial charge in [-0.3, -0.25) is 4.79 Å². The number of carbonyl (C=O) groups is 1. The summed E-state index contributed by atoms with van der Waals surface area (Å²) in [6.45, 7) is 2.06. The molecule has 0 aliphatic heterocycles. The van der Waals surface area contributed by atoms with Gasteiger partial charge in [0.05, 0.1) is 0 Å². The fraction of sp³-hybridized carbons (Fsp3) is 0.333. The Morgan fingerprint density at radius 3 is 3.00 bits per heavy atom. The molecule has 0 atom stereocenters. The third-order valence-corrected chi connectivity index (χ3v) is 2.39. The summed E-state index contributed by atoms with van der Waals surface area (Å²) in [7, 11) is 0. The molecule has 70 valence electrons. The average Bonchev–Trinajstić information content (AvgIpc) is 2.54. The van der Waals surface area contributed by atoms with Crippen LogP contribution >= 0.6 is 11.3 Å². The van der Waals surface area contributed by atoms with Crippen molar-refractivity contribution < 1.29 is 4.79 Å². The van der Waals surface area contributed by atoms with Gasteiger partial charge in [-0.05, 0) is 12.0 Å². The fourth-order valence-corrected chi connectivity index (χ4v) is 1.75. The third-order valence-electron chi connectivity index (χ3n) is 1.54. The van der Waals surface area contributed by atoms with E-state index < -0.39 is 5.91 Å². The molecule has 1 rings (SSSR count). The van der Waals surface area contributed by atoms with E-state index in [9.17, 15) is 4.79 Å². The highest BCUT2D eigenvalue weighted by molar-refractivity contribution is 7.10. The largest absolute Gasteiger partial charge is 0.366 e. The second-order valence-corrected chi connectivity index (χ2v) is 3.55. The molecule has 2 N–H and O–H groups in total. The lowest BCUT2D eigenvalue weighted by Crippen LogP contribution is -2.07. The molecule has 1 aromatic heterocycles. The number of hydrogen-bond donors (Lipinski definition) is 1. The normalized spacial score (nSPS) is 11.6. The van der Waals surface area contributed by atoms with E-state index >= 15 is 0 Å². The first kappa shape index (κ1) is 9.92. The van der Waals surface area contributed by atoms with E-state index in [1.165, 1.54) is 17.4 Å². The third kappa shape index (κ3) is 2.99. The minimum absolute atomic E-state index is 0.404. The minimum Gasteiger partial charge on any atom is -0.366 e. The summed E-state index contributed by atoms with van der Waals surface area (Å²) in [5.41, 5.74) is 6.03. The van der Waals surface area contributed by atoms with Crippen LogP contribution in [0.5, 0.6) is 0 Å². The van der Waals surface area contributed by atoms with Gasteiger partial charge in [-0.25, -0.2) is 4.98 Å². The van der Waals surface area contributed by atoms with Crippen LogP contribution in [-0.4, -0.2) is 10.9 Å². The lowest BCUT2D eigenvalue weighted by atomic mass is 10.1. The molecule has 1 amide bonds. The molecule has 0 radical (unpaired) electrons. The molecule has 0 aromatic carbocycles. The molecule has 0 aliphatic carbocycles. The molecule has 13 heavy (non-hydrogen) atoms. The standard InChI is InChI=1S/C9H12N2OS/c1-2-3-7(6-8(10)12)9-11-4-5-13-9/h4-6H,2-3H2,1H3,(H2,10,12). The average molecular weight is 196 g/mol. The molecule has 0 saturated heterocycles. The van der Waals surface area contributed by atoms with Crippen molar-refractivity contribution in [3.05, 3.63) is 22.7 Å². The molecule has 0 unspecified atom stereocenters.